The lowest BCUT2D eigenvalue weighted by Crippen LogP contribution is -2.33. The van der Waals surface area contributed by atoms with Crippen LogP contribution < -0.4 is 5.32 Å². The fraction of sp³-hybridized carbons (Fsp3) is 0.636. The van der Waals surface area contributed by atoms with E-state index in [1.807, 2.05) is 27.0 Å². The Morgan fingerprint density at radius 2 is 2.18 bits per heavy atom. The maximum Gasteiger partial charge on any atom is 0.252 e. The number of aryl methyl sites for hydroxylation is 2. The molecule has 1 atom stereocenters. The highest BCUT2D eigenvalue weighted by atomic mass is 32.2. The van der Waals surface area contributed by atoms with Crippen LogP contribution in [0.1, 0.15) is 16.9 Å². The zero-order valence-electron chi connectivity index (χ0n) is 10.4. The molecule has 0 aliphatic carbocycles. The zero-order chi connectivity index (χ0) is 12.6. The molecule has 0 spiro atoms. The summed E-state index contributed by atoms with van der Waals surface area (Å²) in [6.45, 7) is 5.00. The first-order valence-electron chi connectivity index (χ1n) is 5.69. The van der Waals surface area contributed by atoms with Gasteiger partial charge in [0.15, 0.2) is 0 Å². The van der Waals surface area contributed by atoms with Crippen molar-refractivity contribution < 1.29 is 8.42 Å². The molecule has 1 N–H and O–H groups in total. The van der Waals surface area contributed by atoms with Crippen molar-refractivity contribution in [3.63, 3.8) is 0 Å². The third-order valence-electron chi connectivity index (χ3n) is 3.13. The molecule has 0 aromatic carbocycles. The number of rotatable bonds is 3. The Balaban J connectivity index is 2.28. The smallest absolute Gasteiger partial charge is 0.252 e. The number of nitrogens with one attached hydrogen (secondary N) is 1. The molecular weight excluding hydrogens is 256 g/mol. The summed E-state index contributed by atoms with van der Waals surface area (Å²) in [4.78, 5) is 1.05. The molecule has 96 valence electrons. The third kappa shape index (κ3) is 2.40. The average Bonchev–Trinajstić information content (AvgIpc) is 2.85. The molecule has 0 radical (unpaired) electrons. The van der Waals surface area contributed by atoms with E-state index in [0.29, 0.717) is 17.3 Å². The first-order chi connectivity index (χ1) is 7.95. The van der Waals surface area contributed by atoms with Gasteiger partial charge in [-0.2, -0.15) is 4.31 Å². The quantitative estimate of drug-likeness (QED) is 0.905. The summed E-state index contributed by atoms with van der Waals surface area (Å²) in [6, 6.07) is 2.22. The van der Waals surface area contributed by atoms with E-state index < -0.39 is 10.0 Å². The molecule has 1 aromatic rings. The van der Waals surface area contributed by atoms with Gasteiger partial charge in [-0.3, -0.25) is 0 Å². The van der Waals surface area contributed by atoms with Gasteiger partial charge in [-0.15, -0.1) is 11.3 Å². The summed E-state index contributed by atoms with van der Waals surface area (Å²) in [7, 11) is -1.40. The molecule has 2 rings (SSSR count). The Bertz CT molecular complexity index is 508. The van der Waals surface area contributed by atoms with Crippen LogP contribution in [-0.4, -0.2) is 38.9 Å². The number of thiophene rings is 1. The molecular formula is C11H18N2O2S2. The molecule has 1 aliphatic rings. The minimum absolute atomic E-state index is 0.283. The maximum atomic E-state index is 12.4. The van der Waals surface area contributed by atoms with Crippen molar-refractivity contribution in [1.82, 2.24) is 9.62 Å². The highest BCUT2D eigenvalue weighted by Crippen LogP contribution is 2.30. The van der Waals surface area contributed by atoms with E-state index >= 15 is 0 Å². The number of sulfonamides is 1. The Hall–Kier alpha value is -0.430. The van der Waals surface area contributed by atoms with Gasteiger partial charge in [0.25, 0.3) is 10.0 Å². The van der Waals surface area contributed by atoms with E-state index in [1.165, 1.54) is 11.3 Å². The number of likely N-dealkylation sites (N-methyl/N-ethyl adjacent to an activating group) is 1. The Morgan fingerprint density at radius 1 is 1.47 bits per heavy atom. The van der Waals surface area contributed by atoms with Gasteiger partial charge in [-0.05, 0) is 38.9 Å². The highest BCUT2D eigenvalue weighted by Gasteiger charge is 2.33. The van der Waals surface area contributed by atoms with Gasteiger partial charge < -0.3 is 5.32 Å². The van der Waals surface area contributed by atoms with Crippen molar-refractivity contribution in [2.24, 2.45) is 0 Å². The molecule has 1 unspecified atom stereocenters. The standard InChI is InChI=1S/C11H18N2O2S2/c1-8-6-9(2)16-11(8)17(14,15)13-5-4-10(7-13)12-3/h6,10,12H,4-5,7H2,1-3H3. The number of hydrogen-bond acceptors (Lipinski definition) is 4. The van der Waals surface area contributed by atoms with E-state index in [-0.39, 0.29) is 6.04 Å². The van der Waals surface area contributed by atoms with E-state index in [4.69, 9.17) is 0 Å². The second-order valence-electron chi connectivity index (χ2n) is 4.46. The summed E-state index contributed by atoms with van der Waals surface area (Å²) >= 11 is 1.37. The number of hydrogen-bond donors (Lipinski definition) is 1. The lowest BCUT2D eigenvalue weighted by atomic mass is 10.3. The molecule has 0 amide bonds. The Labute approximate surface area is 107 Å². The Kier molecular flexibility index (Phi) is 3.58. The first-order valence-corrected chi connectivity index (χ1v) is 7.95. The molecule has 1 saturated heterocycles. The summed E-state index contributed by atoms with van der Waals surface area (Å²) in [5, 5.41) is 3.13. The molecule has 0 bridgehead atoms. The van der Waals surface area contributed by atoms with E-state index in [9.17, 15) is 8.42 Å². The SMILES string of the molecule is CNC1CCN(S(=O)(=O)c2sc(C)cc2C)C1. The van der Waals surface area contributed by atoms with Gasteiger partial charge in [0, 0.05) is 24.0 Å². The van der Waals surface area contributed by atoms with Gasteiger partial charge in [0.2, 0.25) is 0 Å². The van der Waals surface area contributed by atoms with Crippen LogP contribution in [0.25, 0.3) is 0 Å². The average molecular weight is 274 g/mol. The minimum Gasteiger partial charge on any atom is -0.316 e. The van der Waals surface area contributed by atoms with Crippen LogP contribution in [0.15, 0.2) is 10.3 Å². The fourth-order valence-electron chi connectivity index (χ4n) is 2.18. The monoisotopic (exact) mass is 274 g/mol. The van der Waals surface area contributed by atoms with Gasteiger partial charge >= 0.3 is 0 Å². The van der Waals surface area contributed by atoms with Crippen molar-refractivity contribution in [3.8, 4) is 0 Å². The summed E-state index contributed by atoms with van der Waals surface area (Å²) < 4.78 is 27.0. The van der Waals surface area contributed by atoms with Gasteiger partial charge in [0.1, 0.15) is 4.21 Å². The van der Waals surface area contributed by atoms with Crippen LogP contribution >= 0.6 is 11.3 Å². The van der Waals surface area contributed by atoms with E-state index in [2.05, 4.69) is 5.32 Å². The molecule has 1 aliphatic heterocycles. The Morgan fingerprint density at radius 3 is 2.65 bits per heavy atom. The van der Waals surface area contributed by atoms with Crippen LogP contribution in [0.4, 0.5) is 0 Å². The van der Waals surface area contributed by atoms with Crippen LogP contribution in [0, 0.1) is 13.8 Å². The molecule has 1 aromatic heterocycles. The largest absolute Gasteiger partial charge is 0.316 e. The molecule has 0 saturated carbocycles. The normalized spacial score (nSPS) is 22.2. The van der Waals surface area contributed by atoms with E-state index in [1.54, 1.807) is 4.31 Å². The zero-order valence-corrected chi connectivity index (χ0v) is 12.0. The summed E-state index contributed by atoms with van der Waals surface area (Å²) in [5.41, 5.74) is 0.861. The maximum absolute atomic E-state index is 12.4. The van der Waals surface area contributed by atoms with Crippen molar-refractivity contribution in [3.05, 3.63) is 16.5 Å². The molecule has 6 heteroatoms. The van der Waals surface area contributed by atoms with Gasteiger partial charge in [-0.25, -0.2) is 8.42 Å². The topological polar surface area (TPSA) is 49.4 Å². The van der Waals surface area contributed by atoms with Crippen molar-refractivity contribution in [2.75, 3.05) is 20.1 Å². The minimum atomic E-state index is -3.28. The molecule has 17 heavy (non-hydrogen) atoms. The van der Waals surface area contributed by atoms with Gasteiger partial charge in [0.05, 0.1) is 0 Å². The fourth-order valence-corrected chi connectivity index (χ4v) is 5.48. The van der Waals surface area contributed by atoms with E-state index in [0.717, 1.165) is 16.9 Å². The van der Waals surface area contributed by atoms with Crippen molar-refractivity contribution >= 4 is 21.4 Å². The van der Waals surface area contributed by atoms with Crippen LogP contribution in [0.5, 0.6) is 0 Å². The number of nitrogens with zero attached hydrogens (tertiary/aromatic N) is 1. The third-order valence-corrected chi connectivity index (χ3v) is 6.76. The predicted molar refractivity (Wildman–Crippen MR) is 70.0 cm³/mol. The lowest BCUT2D eigenvalue weighted by Gasteiger charge is -2.15. The summed E-state index contributed by atoms with van der Waals surface area (Å²) in [6.07, 6.45) is 0.888. The first kappa shape index (κ1) is 13.0. The van der Waals surface area contributed by atoms with Crippen LogP contribution in [-0.2, 0) is 10.0 Å². The van der Waals surface area contributed by atoms with Crippen molar-refractivity contribution in [1.29, 1.82) is 0 Å². The molecule has 2 heterocycles. The van der Waals surface area contributed by atoms with Crippen LogP contribution in [0.3, 0.4) is 0 Å². The second-order valence-corrected chi connectivity index (χ2v) is 7.85. The molecule has 4 nitrogen and oxygen atoms in total. The predicted octanol–water partition coefficient (Wildman–Crippen LogP) is 1.35. The summed E-state index contributed by atoms with van der Waals surface area (Å²) in [5.74, 6) is 0. The second kappa shape index (κ2) is 4.68. The van der Waals surface area contributed by atoms with Crippen LogP contribution in [0.2, 0.25) is 0 Å². The van der Waals surface area contributed by atoms with Crippen molar-refractivity contribution in [2.45, 2.75) is 30.5 Å². The lowest BCUT2D eigenvalue weighted by molar-refractivity contribution is 0.466. The highest BCUT2D eigenvalue weighted by molar-refractivity contribution is 7.91. The van der Waals surface area contributed by atoms with Gasteiger partial charge in [-0.1, -0.05) is 0 Å². The molecule has 1 fully saturated rings.